The molecule has 0 saturated carbocycles. The summed E-state index contributed by atoms with van der Waals surface area (Å²) in [7, 11) is 0. The highest BCUT2D eigenvalue weighted by atomic mass is 19.1. The zero-order valence-electron chi connectivity index (χ0n) is 12.7. The maximum atomic E-state index is 13.4. The van der Waals surface area contributed by atoms with E-state index >= 15 is 0 Å². The summed E-state index contributed by atoms with van der Waals surface area (Å²) >= 11 is 0. The van der Waals surface area contributed by atoms with Gasteiger partial charge >= 0.3 is 0 Å². The second kappa shape index (κ2) is 5.77. The van der Waals surface area contributed by atoms with Crippen molar-refractivity contribution in [2.24, 2.45) is 0 Å². The number of nitrogens with zero attached hydrogens (tertiary/aromatic N) is 4. The molecule has 1 N–H and O–H groups in total. The van der Waals surface area contributed by atoms with E-state index in [0.717, 1.165) is 11.0 Å². The number of nitrogens with one attached hydrogen (secondary N) is 1. The molecule has 0 radical (unpaired) electrons. The summed E-state index contributed by atoms with van der Waals surface area (Å²) in [6.07, 6.45) is 3.62. The van der Waals surface area contributed by atoms with E-state index in [-0.39, 0.29) is 24.8 Å². The van der Waals surface area contributed by atoms with Crippen LogP contribution in [-0.2, 0) is 17.9 Å². The number of aromatic nitrogens is 4. The molecular formula is C17H14FN5O. The van der Waals surface area contributed by atoms with E-state index < -0.39 is 0 Å². The Morgan fingerprint density at radius 2 is 2.04 bits per heavy atom. The Hall–Kier alpha value is -3.22. The average Bonchev–Trinajstić information content (AvgIpc) is 3.17. The number of halogens is 1. The summed E-state index contributed by atoms with van der Waals surface area (Å²) in [5.41, 5.74) is 1.42. The Kier molecular flexibility index (Phi) is 3.45. The third kappa shape index (κ3) is 2.60. The molecule has 3 heterocycles. The first-order valence-electron chi connectivity index (χ1n) is 7.50. The van der Waals surface area contributed by atoms with Crippen molar-refractivity contribution in [3.8, 4) is 0 Å². The van der Waals surface area contributed by atoms with Crippen LogP contribution in [0.15, 0.2) is 54.9 Å². The van der Waals surface area contributed by atoms with Gasteiger partial charge in [0.25, 0.3) is 0 Å². The Balaban J connectivity index is 1.47. The maximum Gasteiger partial charge on any atom is 0.240 e. The Morgan fingerprint density at radius 3 is 2.96 bits per heavy atom. The van der Waals surface area contributed by atoms with Gasteiger partial charge in [0, 0.05) is 12.4 Å². The molecule has 1 amide bonds. The number of amides is 1. The lowest BCUT2D eigenvalue weighted by atomic mass is 10.2. The molecular weight excluding hydrogens is 309 g/mol. The molecule has 24 heavy (non-hydrogen) atoms. The third-order valence-corrected chi connectivity index (χ3v) is 3.88. The van der Waals surface area contributed by atoms with Crippen LogP contribution >= 0.6 is 0 Å². The summed E-state index contributed by atoms with van der Waals surface area (Å²) in [5, 5.41) is 11.8. The number of fused-ring (bicyclic) bond motifs is 2. The smallest absolute Gasteiger partial charge is 0.240 e. The third-order valence-electron chi connectivity index (χ3n) is 3.88. The highest BCUT2D eigenvalue weighted by Crippen LogP contribution is 2.16. The fourth-order valence-corrected chi connectivity index (χ4v) is 2.69. The molecule has 3 aromatic heterocycles. The molecule has 120 valence electrons. The zero-order valence-corrected chi connectivity index (χ0v) is 12.7. The van der Waals surface area contributed by atoms with Gasteiger partial charge in [0.15, 0.2) is 11.5 Å². The van der Waals surface area contributed by atoms with Gasteiger partial charge in [-0.1, -0.05) is 6.07 Å². The number of rotatable bonds is 4. The van der Waals surface area contributed by atoms with E-state index in [4.69, 9.17) is 0 Å². The van der Waals surface area contributed by atoms with Crippen LogP contribution in [0.4, 0.5) is 4.39 Å². The quantitative estimate of drug-likeness (QED) is 0.626. The first-order valence-corrected chi connectivity index (χ1v) is 7.50. The molecule has 0 unspecified atom stereocenters. The van der Waals surface area contributed by atoms with E-state index in [1.165, 1.54) is 12.1 Å². The lowest BCUT2D eigenvalue weighted by Gasteiger charge is -2.07. The largest absolute Gasteiger partial charge is 0.347 e. The Bertz CT molecular complexity index is 1040. The van der Waals surface area contributed by atoms with Crippen molar-refractivity contribution >= 4 is 22.5 Å². The van der Waals surface area contributed by atoms with E-state index in [0.29, 0.717) is 11.3 Å². The molecule has 4 rings (SSSR count). The average molecular weight is 323 g/mol. The molecule has 0 aliphatic carbocycles. The predicted octanol–water partition coefficient (Wildman–Crippen LogP) is 2.14. The second-order valence-corrected chi connectivity index (χ2v) is 5.47. The first-order chi connectivity index (χ1) is 11.7. The van der Waals surface area contributed by atoms with Gasteiger partial charge in [0.2, 0.25) is 5.91 Å². The van der Waals surface area contributed by atoms with E-state index in [1.807, 2.05) is 34.9 Å². The normalized spacial score (nSPS) is 11.2. The number of carbonyl (C=O) groups excluding carboxylic acids is 1. The number of hydrogen-bond acceptors (Lipinski definition) is 3. The topological polar surface area (TPSA) is 64.2 Å². The van der Waals surface area contributed by atoms with Crippen molar-refractivity contribution in [3.05, 3.63) is 66.5 Å². The predicted molar refractivity (Wildman–Crippen MR) is 86.7 cm³/mol. The Labute approximate surface area is 136 Å². The monoisotopic (exact) mass is 323 g/mol. The minimum atomic E-state index is -0.321. The molecule has 0 bridgehead atoms. The van der Waals surface area contributed by atoms with Crippen LogP contribution in [0, 0.1) is 5.82 Å². The molecule has 1 aromatic carbocycles. The summed E-state index contributed by atoms with van der Waals surface area (Å²) in [6, 6.07) is 12.0. The summed E-state index contributed by atoms with van der Waals surface area (Å²) in [4.78, 5) is 12.2. The van der Waals surface area contributed by atoms with Crippen LogP contribution in [0.1, 0.15) is 5.82 Å². The molecule has 0 saturated heterocycles. The summed E-state index contributed by atoms with van der Waals surface area (Å²) < 4.78 is 16.9. The van der Waals surface area contributed by atoms with Gasteiger partial charge in [-0.15, -0.1) is 10.2 Å². The fraction of sp³-hybridized carbons (Fsp3) is 0.118. The molecule has 7 heteroatoms. The van der Waals surface area contributed by atoms with Crippen molar-refractivity contribution in [2.75, 3.05) is 0 Å². The second-order valence-electron chi connectivity index (χ2n) is 5.47. The molecule has 4 aromatic rings. The van der Waals surface area contributed by atoms with E-state index in [2.05, 4.69) is 15.5 Å². The van der Waals surface area contributed by atoms with Crippen molar-refractivity contribution in [3.63, 3.8) is 0 Å². The molecule has 0 spiro atoms. The van der Waals surface area contributed by atoms with Gasteiger partial charge in [-0.2, -0.15) is 0 Å². The van der Waals surface area contributed by atoms with Crippen LogP contribution < -0.4 is 5.32 Å². The first kappa shape index (κ1) is 14.4. The summed E-state index contributed by atoms with van der Waals surface area (Å²) in [6.45, 7) is 0.390. The minimum absolute atomic E-state index is 0.115. The number of pyridine rings is 1. The molecule has 0 aliphatic heterocycles. The van der Waals surface area contributed by atoms with Crippen LogP contribution in [0.2, 0.25) is 0 Å². The van der Waals surface area contributed by atoms with Crippen LogP contribution in [0.25, 0.3) is 16.6 Å². The Morgan fingerprint density at radius 1 is 1.12 bits per heavy atom. The van der Waals surface area contributed by atoms with Crippen molar-refractivity contribution in [1.29, 1.82) is 0 Å². The van der Waals surface area contributed by atoms with Gasteiger partial charge < -0.3 is 9.88 Å². The fourth-order valence-electron chi connectivity index (χ4n) is 2.69. The summed E-state index contributed by atoms with van der Waals surface area (Å²) in [5.74, 6) is 0.157. The van der Waals surface area contributed by atoms with Crippen molar-refractivity contribution in [2.45, 2.75) is 13.1 Å². The van der Waals surface area contributed by atoms with Crippen LogP contribution in [0.5, 0.6) is 0 Å². The number of carbonyl (C=O) groups is 1. The van der Waals surface area contributed by atoms with Gasteiger partial charge in [-0.05, 0) is 41.8 Å². The lowest BCUT2D eigenvalue weighted by Crippen LogP contribution is -2.27. The molecule has 0 aliphatic rings. The van der Waals surface area contributed by atoms with Gasteiger partial charge in [0.05, 0.1) is 12.1 Å². The molecule has 6 nitrogen and oxygen atoms in total. The van der Waals surface area contributed by atoms with Gasteiger partial charge in [-0.25, -0.2) is 4.39 Å². The SMILES string of the molecule is O=C(Cn1ccc2ccc(F)cc21)NCc1nnc2ccccn12. The van der Waals surface area contributed by atoms with E-state index in [9.17, 15) is 9.18 Å². The van der Waals surface area contributed by atoms with Crippen LogP contribution in [-0.4, -0.2) is 25.1 Å². The number of hydrogen-bond donors (Lipinski definition) is 1. The zero-order chi connectivity index (χ0) is 16.5. The van der Waals surface area contributed by atoms with E-state index in [1.54, 1.807) is 16.8 Å². The maximum absolute atomic E-state index is 13.4. The van der Waals surface area contributed by atoms with Gasteiger partial charge in [-0.3, -0.25) is 9.20 Å². The highest BCUT2D eigenvalue weighted by molar-refractivity contribution is 5.83. The van der Waals surface area contributed by atoms with Crippen molar-refractivity contribution < 1.29 is 9.18 Å². The minimum Gasteiger partial charge on any atom is -0.347 e. The van der Waals surface area contributed by atoms with Crippen molar-refractivity contribution in [1.82, 2.24) is 24.5 Å². The van der Waals surface area contributed by atoms with Gasteiger partial charge in [0.1, 0.15) is 12.4 Å². The standard InChI is InChI=1S/C17H14FN5O/c18-13-5-4-12-6-8-22(14(12)9-13)11-17(24)19-10-16-21-20-15-3-1-2-7-23(15)16/h1-9H,10-11H2,(H,19,24). The molecule has 0 fully saturated rings. The highest BCUT2D eigenvalue weighted by Gasteiger charge is 2.09. The number of benzene rings is 1. The van der Waals surface area contributed by atoms with Crippen LogP contribution in [0.3, 0.4) is 0 Å². The molecule has 0 atom stereocenters. The lowest BCUT2D eigenvalue weighted by molar-refractivity contribution is -0.121.